The van der Waals surface area contributed by atoms with Crippen LogP contribution in [0.2, 0.25) is 0 Å². The van der Waals surface area contributed by atoms with E-state index in [2.05, 4.69) is 10.6 Å². The summed E-state index contributed by atoms with van der Waals surface area (Å²) >= 11 is 1.17. The van der Waals surface area contributed by atoms with Crippen molar-refractivity contribution in [3.8, 4) is 0 Å². The van der Waals surface area contributed by atoms with Crippen LogP contribution in [0.25, 0.3) is 0 Å². The van der Waals surface area contributed by atoms with Crippen molar-refractivity contribution >= 4 is 33.8 Å². The molecule has 0 saturated heterocycles. The molecule has 0 radical (unpaired) electrons. The molecular weight excluding hydrogens is 288 g/mol. The van der Waals surface area contributed by atoms with Gasteiger partial charge in [-0.2, -0.15) is 0 Å². The number of nitrogens with two attached hydrogens (primary N) is 2. The van der Waals surface area contributed by atoms with Gasteiger partial charge in [0, 0.05) is 12.6 Å². The maximum Gasteiger partial charge on any atom is 0.263 e. The van der Waals surface area contributed by atoms with Gasteiger partial charge in [0.1, 0.15) is 9.88 Å². The maximum atomic E-state index is 12.1. The van der Waals surface area contributed by atoms with Gasteiger partial charge in [0.15, 0.2) is 0 Å². The first kappa shape index (κ1) is 15.4. The average Bonchev–Trinajstić information content (AvgIpc) is 3.11. The van der Waals surface area contributed by atoms with E-state index in [0.29, 0.717) is 16.4 Å². The number of anilines is 2. The highest BCUT2D eigenvalue weighted by Crippen LogP contribution is 2.36. The van der Waals surface area contributed by atoms with E-state index < -0.39 is 5.91 Å². The second-order valence-electron chi connectivity index (χ2n) is 5.32. The summed E-state index contributed by atoms with van der Waals surface area (Å²) in [5, 5.41) is 6.50. The molecule has 21 heavy (non-hydrogen) atoms. The summed E-state index contributed by atoms with van der Waals surface area (Å²) in [5.74, 6) is -0.869. The average molecular weight is 308 g/mol. The van der Waals surface area contributed by atoms with Crippen molar-refractivity contribution in [2.24, 2.45) is 5.73 Å². The predicted octanol–water partition coefficient (Wildman–Crippen LogP) is 1.70. The third-order valence-electron chi connectivity index (χ3n) is 3.08. The lowest BCUT2D eigenvalue weighted by Gasteiger charge is -2.03. The second-order valence-corrected chi connectivity index (χ2v) is 6.34. The van der Waals surface area contributed by atoms with Crippen LogP contribution in [0.4, 0.5) is 10.7 Å². The Balaban J connectivity index is 2.23. The van der Waals surface area contributed by atoms with Gasteiger partial charge in [0.25, 0.3) is 11.8 Å². The molecule has 0 atom stereocenters. The number of carbonyl (C=O) groups excluding carboxylic acids is 2. The Morgan fingerprint density at radius 1 is 1.38 bits per heavy atom. The molecule has 1 aromatic heterocycles. The Labute approximate surface area is 127 Å². The van der Waals surface area contributed by atoms with E-state index in [-0.39, 0.29) is 23.2 Å². The molecule has 0 aromatic carbocycles. The molecule has 0 aliphatic heterocycles. The Morgan fingerprint density at radius 2 is 2.05 bits per heavy atom. The molecule has 1 aliphatic rings. The summed E-state index contributed by atoms with van der Waals surface area (Å²) < 4.78 is 0. The fraction of sp³-hybridized carbons (Fsp3) is 0.429. The Kier molecular flexibility index (Phi) is 4.52. The second kappa shape index (κ2) is 6.17. The fourth-order valence-electron chi connectivity index (χ4n) is 1.81. The Bertz CT molecular complexity index is 598. The summed E-state index contributed by atoms with van der Waals surface area (Å²) in [6, 6.07) is 0.234. The summed E-state index contributed by atoms with van der Waals surface area (Å²) in [5.41, 5.74) is 12.8. The summed E-state index contributed by atoms with van der Waals surface area (Å²) in [6.45, 7) is 4.51. The number of hydrogen-bond acceptors (Lipinski definition) is 5. The van der Waals surface area contributed by atoms with E-state index >= 15 is 0 Å². The van der Waals surface area contributed by atoms with Crippen LogP contribution in [-0.4, -0.2) is 24.4 Å². The lowest BCUT2D eigenvalue weighted by atomic mass is 10.2. The Morgan fingerprint density at radius 3 is 2.57 bits per heavy atom. The molecule has 6 N–H and O–H groups in total. The van der Waals surface area contributed by atoms with E-state index in [1.165, 1.54) is 11.3 Å². The van der Waals surface area contributed by atoms with Gasteiger partial charge in [-0.15, -0.1) is 11.3 Å². The number of rotatable bonds is 6. The molecule has 1 aliphatic carbocycles. The highest BCUT2D eigenvalue weighted by atomic mass is 32.1. The largest absolute Gasteiger partial charge is 0.397 e. The highest BCUT2D eigenvalue weighted by molar-refractivity contribution is 7.19. The third-order valence-corrected chi connectivity index (χ3v) is 4.25. The normalized spacial score (nSPS) is 13.6. The molecule has 2 rings (SSSR count). The Hall–Kier alpha value is -2.02. The molecule has 7 heteroatoms. The number of hydrogen-bond donors (Lipinski definition) is 4. The molecule has 1 fully saturated rings. The van der Waals surface area contributed by atoms with Crippen LogP contribution in [0.1, 0.15) is 46.7 Å². The van der Waals surface area contributed by atoms with E-state index in [0.717, 1.165) is 18.4 Å². The number of primary amides is 1. The maximum absolute atomic E-state index is 12.1. The zero-order valence-corrected chi connectivity index (χ0v) is 13.0. The smallest absolute Gasteiger partial charge is 0.263 e. The number of carbonyl (C=O) groups is 2. The molecule has 6 nitrogen and oxygen atoms in total. The number of amides is 2. The zero-order chi connectivity index (χ0) is 15.6. The van der Waals surface area contributed by atoms with Crippen molar-refractivity contribution in [3.63, 3.8) is 0 Å². The molecule has 2 amide bonds. The first-order chi connectivity index (χ1) is 9.90. The van der Waals surface area contributed by atoms with E-state index in [1.54, 1.807) is 0 Å². The van der Waals surface area contributed by atoms with Crippen molar-refractivity contribution < 1.29 is 9.59 Å². The van der Waals surface area contributed by atoms with Gasteiger partial charge in [-0.3, -0.25) is 9.59 Å². The molecule has 1 saturated carbocycles. The molecule has 1 heterocycles. The summed E-state index contributed by atoms with van der Waals surface area (Å²) in [6.07, 6.45) is 3.96. The van der Waals surface area contributed by atoms with Gasteiger partial charge in [0.05, 0.1) is 11.3 Å². The van der Waals surface area contributed by atoms with Gasteiger partial charge in [0.2, 0.25) is 0 Å². The first-order valence-electron chi connectivity index (χ1n) is 6.80. The standard InChI is InChI=1S/C14H20N4O2S/c1-7(2)5-6-17-14-9(12(16)19)10(15)11(21-14)13(20)18-8-3-4-8/h5,8,17H,3-4,6,15H2,1-2H3,(H2,16,19)(H,18,20). The number of nitrogen functional groups attached to an aromatic ring is 1. The quantitative estimate of drug-likeness (QED) is 0.599. The highest BCUT2D eigenvalue weighted by Gasteiger charge is 2.28. The van der Waals surface area contributed by atoms with Crippen molar-refractivity contribution in [2.75, 3.05) is 17.6 Å². The molecule has 114 valence electrons. The van der Waals surface area contributed by atoms with Crippen LogP contribution in [0, 0.1) is 0 Å². The van der Waals surface area contributed by atoms with Crippen molar-refractivity contribution in [1.82, 2.24) is 5.32 Å². The minimum Gasteiger partial charge on any atom is -0.397 e. The molecule has 0 unspecified atom stereocenters. The zero-order valence-electron chi connectivity index (χ0n) is 12.2. The van der Waals surface area contributed by atoms with Crippen LogP contribution in [0.5, 0.6) is 0 Å². The van der Waals surface area contributed by atoms with Crippen molar-refractivity contribution in [2.45, 2.75) is 32.7 Å². The van der Waals surface area contributed by atoms with E-state index in [4.69, 9.17) is 11.5 Å². The minimum atomic E-state index is -0.631. The van der Waals surface area contributed by atoms with E-state index in [9.17, 15) is 9.59 Å². The fourth-order valence-corrected chi connectivity index (χ4v) is 2.84. The van der Waals surface area contributed by atoms with Crippen LogP contribution >= 0.6 is 11.3 Å². The lowest BCUT2D eigenvalue weighted by Crippen LogP contribution is -2.25. The third kappa shape index (κ3) is 3.75. The SMILES string of the molecule is CC(C)=CCNc1sc(C(=O)NC2CC2)c(N)c1C(N)=O. The van der Waals surface area contributed by atoms with Gasteiger partial charge < -0.3 is 22.1 Å². The molecule has 0 bridgehead atoms. The van der Waals surface area contributed by atoms with Crippen LogP contribution < -0.4 is 22.1 Å². The molecule has 1 aromatic rings. The van der Waals surface area contributed by atoms with Crippen molar-refractivity contribution in [3.05, 3.63) is 22.1 Å². The minimum absolute atomic E-state index is 0.158. The summed E-state index contributed by atoms with van der Waals surface area (Å²) in [7, 11) is 0. The van der Waals surface area contributed by atoms with Crippen LogP contribution in [0.3, 0.4) is 0 Å². The van der Waals surface area contributed by atoms with Crippen molar-refractivity contribution in [1.29, 1.82) is 0 Å². The van der Waals surface area contributed by atoms with Crippen LogP contribution in [0.15, 0.2) is 11.6 Å². The lowest BCUT2D eigenvalue weighted by molar-refractivity contribution is 0.0955. The van der Waals surface area contributed by atoms with E-state index in [1.807, 2.05) is 19.9 Å². The predicted molar refractivity (Wildman–Crippen MR) is 85.7 cm³/mol. The number of nitrogens with one attached hydrogen (secondary N) is 2. The number of thiophene rings is 1. The summed E-state index contributed by atoms with van der Waals surface area (Å²) in [4.78, 5) is 24.0. The molecule has 0 spiro atoms. The van der Waals surface area contributed by atoms with Gasteiger partial charge in [-0.1, -0.05) is 11.6 Å². The molecular formula is C14H20N4O2S. The number of allylic oxidation sites excluding steroid dienone is 1. The van der Waals surface area contributed by atoms with Gasteiger partial charge in [-0.25, -0.2) is 0 Å². The topological polar surface area (TPSA) is 110 Å². The monoisotopic (exact) mass is 308 g/mol. The first-order valence-corrected chi connectivity index (χ1v) is 7.62. The van der Waals surface area contributed by atoms with Gasteiger partial charge >= 0.3 is 0 Å². The van der Waals surface area contributed by atoms with Gasteiger partial charge in [-0.05, 0) is 26.7 Å². The van der Waals surface area contributed by atoms with Crippen LogP contribution in [-0.2, 0) is 0 Å².